The molecular formula is C35H36Cl2FN7O3. The van der Waals surface area contributed by atoms with Crippen molar-refractivity contribution >= 4 is 46.5 Å². The van der Waals surface area contributed by atoms with E-state index in [2.05, 4.69) is 31.6 Å². The smallest absolute Gasteiger partial charge is 0.220 e. The molecule has 250 valence electrons. The average Bonchev–Trinajstić information content (AvgIpc) is 3.70. The van der Waals surface area contributed by atoms with Crippen LogP contribution in [0.5, 0.6) is 5.88 Å². The van der Waals surface area contributed by atoms with Gasteiger partial charge in [-0.3, -0.25) is 9.59 Å². The molecule has 4 heterocycles. The lowest BCUT2D eigenvalue weighted by Crippen LogP contribution is -2.35. The molecule has 2 aromatic carbocycles. The number of benzene rings is 2. The number of hydrogen-bond donors (Lipinski definition) is 5. The number of nitrogens with one attached hydrogen (secondary N) is 5. The molecule has 2 amide bonds. The second-order valence-electron chi connectivity index (χ2n) is 11.8. The van der Waals surface area contributed by atoms with Crippen LogP contribution in [0.3, 0.4) is 0 Å². The van der Waals surface area contributed by atoms with Crippen molar-refractivity contribution < 1.29 is 18.7 Å². The third kappa shape index (κ3) is 7.71. The maximum absolute atomic E-state index is 15.5. The van der Waals surface area contributed by atoms with E-state index in [0.717, 1.165) is 18.4 Å². The Kier molecular flexibility index (Phi) is 10.7. The second kappa shape index (κ2) is 15.3. The molecule has 6 rings (SSSR count). The van der Waals surface area contributed by atoms with Crippen LogP contribution >= 0.6 is 23.2 Å². The van der Waals surface area contributed by atoms with Gasteiger partial charge >= 0.3 is 0 Å². The molecule has 0 saturated carbocycles. The highest BCUT2D eigenvalue weighted by atomic mass is 35.5. The van der Waals surface area contributed by atoms with Gasteiger partial charge in [0, 0.05) is 85.1 Å². The van der Waals surface area contributed by atoms with Gasteiger partial charge in [0.25, 0.3) is 0 Å². The number of hydrogen-bond acceptors (Lipinski definition) is 8. The fraction of sp³-hybridized carbons (Fsp3) is 0.314. The maximum atomic E-state index is 15.5. The number of carbonyl (C=O) groups is 2. The molecule has 13 heteroatoms. The highest BCUT2D eigenvalue weighted by Gasteiger charge is 2.22. The summed E-state index contributed by atoms with van der Waals surface area (Å²) in [7, 11) is 1.57. The summed E-state index contributed by atoms with van der Waals surface area (Å²) in [6.45, 7) is 2.04. The Morgan fingerprint density at radius 2 is 1.48 bits per heavy atom. The van der Waals surface area contributed by atoms with Crippen LogP contribution < -0.4 is 31.3 Å². The number of anilines is 2. The highest BCUT2D eigenvalue weighted by molar-refractivity contribution is 6.39. The van der Waals surface area contributed by atoms with Gasteiger partial charge in [-0.2, -0.15) is 0 Å². The van der Waals surface area contributed by atoms with E-state index < -0.39 is 5.82 Å². The Labute approximate surface area is 288 Å². The van der Waals surface area contributed by atoms with E-state index >= 15 is 4.39 Å². The van der Waals surface area contributed by atoms with Gasteiger partial charge in [-0.25, -0.2) is 14.4 Å². The molecule has 2 aliphatic rings. The van der Waals surface area contributed by atoms with Crippen LogP contribution in [0.1, 0.15) is 36.8 Å². The molecule has 5 N–H and O–H groups in total. The molecule has 48 heavy (non-hydrogen) atoms. The molecule has 0 unspecified atom stereocenters. The molecule has 0 aliphatic carbocycles. The van der Waals surface area contributed by atoms with Crippen molar-refractivity contribution in [3.63, 3.8) is 0 Å². The zero-order chi connectivity index (χ0) is 33.6. The molecule has 0 bridgehead atoms. The van der Waals surface area contributed by atoms with Crippen LogP contribution in [0.25, 0.3) is 22.4 Å². The third-order valence-corrected chi connectivity index (χ3v) is 9.29. The lowest BCUT2D eigenvalue weighted by atomic mass is 10.0. The molecular weight excluding hydrogens is 656 g/mol. The summed E-state index contributed by atoms with van der Waals surface area (Å²) >= 11 is 13.9. The van der Waals surface area contributed by atoms with E-state index in [0.29, 0.717) is 77.9 Å². The first-order valence-corrected chi connectivity index (χ1v) is 16.6. The maximum Gasteiger partial charge on any atom is 0.220 e. The van der Waals surface area contributed by atoms with Crippen molar-refractivity contribution in [2.45, 2.75) is 50.9 Å². The van der Waals surface area contributed by atoms with Crippen LogP contribution in [-0.2, 0) is 22.7 Å². The van der Waals surface area contributed by atoms with Gasteiger partial charge < -0.3 is 31.3 Å². The number of nitrogens with zero attached hydrogens (tertiary/aromatic N) is 2. The fourth-order valence-electron chi connectivity index (χ4n) is 5.97. The zero-order valence-electron chi connectivity index (χ0n) is 26.3. The first-order valence-electron chi connectivity index (χ1n) is 15.8. The predicted octanol–water partition coefficient (Wildman–Crippen LogP) is 5.75. The molecule has 2 atom stereocenters. The van der Waals surface area contributed by atoms with Gasteiger partial charge in [-0.05, 0) is 31.0 Å². The lowest BCUT2D eigenvalue weighted by Gasteiger charge is -2.16. The number of amides is 2. The van der Waals surface area contributed by atoms with Crippen LogP contribution in [0.2, 0.25) is 10.0 Å². The Balaban J connectivity index is 1.17. The van der Waals surface area contributed by atoms with Gasteiger partial charge in [-0.1, -0.05) is 59.6 Å². The van der Waals surface area contributed by atoms with E-state index in [1.807, 2.05) is 30.3 Å². The van der Waals surface area contributed by atoms with Gasteiger partial charge in [-0.15, -0.1) is 0 Å². The van der Waals surface area contributed by atoms with Crippen LogP contribution in [0.15, 0.2) is 60.8 Å². The Morgan fingerprint density at radius 3 is 2.15 bits per heavy atom. The molecule has 0 radical (unpaired) electrons. The molecule has 2 fully saturated rings. The van der Waals surface area contributed by atoms with Gasteiger partial charge in [0.15, 0.2) is 5.82 Å². The minimum absolute atomic E-state index is 0.0439. The number of ether oxygens (including phenoxy) is 1. The molecule has 4 aromatic rings. The topological polar surface area (TPSA) is 129 Å². The predicted molar refractivity (Wildman–Crippen MR) is 185 cm³/mol. The Bertz CT molecular complexity index is 1830. The van der Waals surface area contributed by atoms with E-state index in [4.69, 9.17) is 32.9 Å². The van der Waals surface area contributed by atoms with E-state index in [-0.39, 0.29) is 40.4 Å². The monoisotopic (exact) mass is 691 g/mol. The number of pyridine rings is 2. The molecule has 10 nitrogen and oxygen atoms in total. The number of carbonyl (C=O) groups excluding carboxylic acids is 2. The molecule has 0 spiro atoms. The van der Waals surface area contributed by atoms with Crippen molar-refractivity contribution in [1.82, 2.24) is 31.2 Å². The summed E-state index contributed by atoms with van der Waals surface area (Å²) in [5.74, 6) is 0.453. The quantitative estimate of drug-likeness (QED) is 0.120. The van der Waals surface area contributed by atoms with E-state index in [1.165, 1.54) is 0 Å². The van der Waals surface area contributed by atoms with E-state index in [1.54, 1.807) is 37.6 Å². The summed E-state index contributed by atoms with van der Waals surface area (Å²) in [5, 5.41) is 16.2. The minimum atomic E-state index is -0.423. The summed E-state index contributed by atoms with van der Waals surface area (Å²) in [6.07, 6.45) is 4.25. The molecule has 2 aliphatic heterocycles. The third-order valence-electron chi connectivity index (χ3n) is 8.50. The lowest BCUT2D eigenvalue weighted by molar-refractivity contribution is -0.120. The largest absolute Gasteiger partial charge is 0.481 e. The highest BCUT2D eigenvalue weighted by Crippen LogP contribution is 2.41. The fourth-order valence-corrected chi connectivity index (χ4v) is 6.56. The number of methoxy groups -OCH3 is 1. The number of halogens is 3. The van der Waals surface area contributed by atoms with Crippen molar-refractivity contribution in [1.29, 1.82) is 0 Å². The normalized spacial score (nSPS) is 17.3. The Hall–Kier alpha value is -4.29. The SMILES string of the molecule is COc1nc(-c2cccc(-c3ccnc(Nc4cccc(CNC[C@H]5CCC(=O)N5)c4F)c3Cl)c2Cl)ccc1CNC[C@H]1CCC(=O)N1. The van der Waals surface area contributed by atoms with Gasteiger partial charge in [0.1, 0.15) is 5.82 Å². The molecule has 2 aromatic heterocycles. The zero-order valence-corrected chi connectivity index (χ0v) is 27.8. The number of rotatable bonds is 13. The van der Waals surface area contributed by atoms with Crippen molar-refractivity contribution in [3.8, 4) is 28.3 Å². The van der Waals surface area contributed by atoms with Crippen LogP contribution in [-0.4, -0.2) is 54.1 Å². The summed E-state index contributed by atoms with van der Waals surface area (Å²) in [5.41, 5.74) is 4.16. The first kappa shape index (κ1) is 33.6. The van der Waals surface area contributed by atoms with Gasteiger partial charge in [0.2, 0.25) is 17.7 Å². The average molecular weight is 693 g/mol. The molecule has 2 saturated heterocycles. The van der Waals surface area contributed by atoms with Crippen molar-refractivity contribution in [3.05, 3.63) is 87.8 Å². The van der Waals surface area contributed by atoms with Gasteiger partial charge in [0.05, 0.1) is 28.5 Å². The second-order valence-corrected chi connectivity index (χ2v) is 12.6. The first-order chi connectivity index (χ1) is 23.3. The van der Waals surface area contributed by atoms with Crippen LogP contribution in [0, 0.1) is 5.82 Å². The summed E-state index contributed by atoms with van der Waals surface area (Å²) in [4.78, 5) is 32.1. The Morgan fingerprint density at radius 1 is 0.833 bits per heavy atom. The van der Waals surface area contributed by atoms with Crippen molar-refractivity contribution in [2.75, 3.05) is 25.5 Å². The van der Waals surface area contributed by atoms with Crippen LogP contribution in [0.4, 0.5) is 15.9 Å². The summed E-state index contributed by atoms with van der Waals surface area (Å²) < 4.78 is 21.1. The van der Waals surface area contributed by atoms with E-state index in [9.17, 15) is 9.59 Å². The summed E-state index contributed by atoms with van der Waals surface area (Å²) in [6, 6.07) is 16.4. The standard InChI is InChI=1S/C35H36Cl2FN7O3/c1-48-35-21(17-40-19-23-10-13-30(47)43-23)8-11-27(45-35)26-6-3-5-24(31(26)36)25-14-15-41-34(32(25)37)44-28-7-2-4-20(33(28)38)16-39-18-22-9-12-29(46)42-22/h2-8,11,14-15,22-23,39-40H,9-10,12-13,16-19H2,1H3,(H,41,44)(H,42,46)(H,43,47)/t22-,23-/m1/s1. The van der Waals surface area contributed by atoms with Crippen molar-refractivity contribution in [2.24, 2.45) is 0 Å². The minimum Gasteiger partial charge on any atom is -0.481 e. The number of aromatic nitrogens is 2.